The molecule has 0 bridgehead atoms. The third-order valence-corrected chi connectivity index (χ3v) is 6.91. The van der Waals surface area contributed by atoms with Crippen molar-refractivity contribution in [3.8, 4) is 0 Å². The van der Waals surface area contributed by atoms with Crippen LogP contribution in [0.3, 0.4) is 0 Å². The quantitative estimate of drug-likeness (QED) is 0.167. The van der Waals surface area contributed by atoms with Crippen molar-refractivity contribution in [3.05, 3.63) is 83.9 Å². The molecule has 0 saturated carbocycles. The molecule has 2 rings (SSSR count). The summed E-state index contributed by atoms with van der Waals surface area (Å²) in [6.45, 7) is 2.27. The summed E-state index contributed by atoms with van der Waals surface area (Å²) in [5.41, 5.74) is 2.66. The van der Waals surface area contributed by atoms with Crippen LogP contribution >= 0.6 is 0 Å². The van der Waals surface area contributed by atoms with Crippen LogP contribution in [-0.4, -0.2) is 11.1 Å². The lowest BCUT2D eigenvalue weighted by atomic mass is 9.77. The van der Waals surface area contributed by atoms with Crippen molar-refractivity contribution < 1.29 is 9.90 Å². The minimum absolute atomic E-state index is 0.251. The van der Waals surface area contributed by atoms with E-state index >= 15 is 0 Å². The zero-order valence-corrected chi connectivity index (χ0v) is 21.3. The fourth-order valence-corrected chi connectivity index (χ4v) is 4.93. The zero-order valence-electron chi connectivity index (χ0n) is 21.3. The molecule has 2 aromatic rings. The van der Waals surface area contributed by atoms with E-state index in [0.29, 0.717) is 11.8 Å². The van der Waals surface area contributed by atoms with Gasteiger partial charge in [-0.05, 0) is 67.9 Å². The molecule has 34 heavy (non-hydrogen) atoms. The van der Waals surface area contributed by atoms with Crippen LogP contribution in [0.2, 0.25) is 0 Å². The second-order valence-corrected chi connectivity index (χ2v) is 9.71. The zero-order chi connectivity index (χ0) is 24.3. The summed E-state index contributed by atoms with van der Waals surface area (Å²) in [4.78, 5) is 11.4. The standard InChI is InChI=1S/C32H46O2/c1-2-3-4-5-6-7-8-9-10-11-12-17-24-30(25-26-32(33)34)31(29-22-18-14-19-23-29)27-28-20-15-13-16-21-28/h9-10,13-16,18-23,30-31H,2-8,11-12,17,24-27H2,1H3,(H,33,34)/b10-9-. The van der Waals surface area contributed by atoms with Crippen molar-refractivity contribution in [2.24, 2.45) is 5.92 Å². The van der Waals surface area contributed by atoms with Crippen molar-refractivity contribution in [1.82, 2.24) is 0 Å². The number of carbonyl (C=O) groups is 1. The Kier molecular flexibility index (Phi) is 14.8. The maximum Gasteiger partial charge on any atom is 0.303 e. The third-order valence-electron chi connectivity index (χ3n) is 6.91. The minimum atomic E-state index is -0.686. The number of benzene rings is 2. The van der Waals surface area contributed by atoms with E-state index in [1.165, 1.54) is 62.5 Å². The van der Waals surface area contributed by atoms with Crippen molar-refractivity contribution in [3.63, 3.8) is 0 Å². The Bertz CT molecular complexity index is 781. The topological polar surface area (TPSA) is 37.3 Å². The van der Waals surface area contributed by atoms with Crippen LogP contribution in [0.4, 0.5) is 0 Å². The van der Waals surface area contributed by atoms with Gasteiger partial charge in [0.1, 0.15) is 0 Å². The van der Waals surface area contributed by atoms with Crippen molar-refractivity contribution >= 4 is 5.97 Å². The highest BCUT2D eigenvalue weighted by molar-refractivity contribution is 5.66. The van der Waals surface area contributed by atoms with Gasteiger partial charge in [-0.2, -0.15) is 0 Å². The number of unbranched alkanes of at least 4 members (excludes halogenated alkanes) is 8. The molecule has 0 aliphatic heterocycles. The fourth-order valence-electron chi connectivity index (χ4n) is 4.93. The predicted molar refractivity (Wildman–Crippen MR) is 145 cm³/mol. The summed E-state index contributed by atoms with van der Waals surface area (Å²) in [5.74, 6) is 0.0474. The van der Waals surface area contributed by atoms with Gasteiger partial charge in [0.05, 0.1) is 0 Å². The molecule has 0 amide bonds. The molecule has 0 radical (unpaired) electrons. The monoisotopic (exact) mass is 462 g/mol. The smallest absolute Gasteiger partial charge is 0.303 e. The van der Waals surface area contributed by atoms with Crippen molar-refractivity contribution in [1.29, 1.82) is 0 Å². The van der Waals surface area contributed by atoms with Gasteiger partial charge in [-0.25, -0.2) is 0 Å². The van der Waals surface area contributed by atoms with E-state index in [9.17, 15) is 9.90 Å². The largest absolute Gasteiger partial charge is 0.481 e. The van der Waals surface area contributed by atoms with Crippen molar-refractivity contribution in [2.75, 3.05) is 0 Å². The molecule has 0 aliphatic carbocycles. The molecule has 2 nitrogen and oxygen atoms in total. The second-order valence-electron chi connectivity index (χ2n) is 9.71. The molecule has 2 atom stereocenters. The number of allylic oxidation sites excluding steroid dienone is 2. The number of hydrogen-bond donors (Lipinski definition) is 1. The summed E-state index contributed by atoms with van der Waals surface area (Å²) in [7, 11) is 0. The SMILES string of the molecule is CCCCCCCC/C=C\CCCCC(CCC(=O)O)C(Cc1ccccc1)c1ccccc1. The first kappa shape index (κ1) is 27.9. The highest BCUT2D eigenvalue weighted by Crippen LogP contribution is 2.35. The average molecular weight is 463 g/mol. The number of carboxylic acids is 1. The summed E-state index contributed by atoms with van der Waals surface area (Å²) in [6.07, 6.45) is 20.6. The normalized spacial score (nSPS) is 13.2. The Morgan fingerprint density at radius 2 is 1.35 bits per heavy atom. The van der Waals surface area contributed by atoms with Gasteiger partial charge >= 0.3 is 5.97 Å². The lowest BCUT2D eigenvalue weighted by molar-refractivity contribution is -0.137. The predicted octanol–water partition coefficient (Wildman–Crippen LogP) is 9.36. The first-order valence-electron chi connectivity index (χ1n) is 13.7. The summed E-state index contributed by atoms with van der Waals surface area (Å²) in [5, 5.41) is 9.37. The highest BCUT2D eigenvalue weighted by atomic mass is 16.4. The molecule has 0 spiro atoms. The maximum absolute atomic E-state index is 11.4. The van der Waals surface area contributed by atoms with Gasteiger partial charge in [0.15, 0.2) is 0 Å². The van der Waals surface area contributed by atoms with Gasteiger partial charge in [-0.15, -0.1) is 0 Å². The third kappa shape index (κ3) is 12.2. The van der Waals surface area contributed by atoms with E-state index in [2.05, 4.69) is 79.7 Å². The van der Waals surface area contributed by atoms with Crippen LogP contribution in [0.1, 0.15) is 107 Å². The lowest BCUT2D eigenvalue weighted by Crippen LogP contribution is -2.17. The van der Waals surface area contributed by atoms with E-state index < -0.39 is 5.97 Å². The number of rotatable bonds is 19. The molecule has 0 heterocycles. The van der Waals surface area contributed by atoms with Gasteiger partial charge in [0, 0.05) is 6.42 Å². The van der Waals surface area contributed by atoms with Crippen LogP contribution in [0.25, 0.3) is 0 Å². The molecule has 0 saturated heterocycles. The first-order chi connectivity index (χ1) is 16.7. The molecule has 2 unspecified atom stereocenters. The number of aliphatic carboxylic acids is 1. The van der Waals surface area contributed by atoms with E-state index in [4.69, 9.17) is 0 Å². The Hall–Kier alpha value is -2.35. The van der Waals surface area contributed by atoms with Crippen LogP contribution in [-0.2, 0) is 11.2 Å². The molecule has 0 aliphatic rings. The molecule has 186 valence electrons. The molecular weight excluding hydrogens is 416 g/mol. The molecular formula is C32H46O2. The van der Waals surface area contributed by atoms with Gasteiger partial charge < -0.3 is 5.11 Å². The Morgan fingerprint density at radius 1 is 0.765 bits per heavy atom. The molecule has 0 fully saturated rings. The Morgan fingerprint density at radius 3 is 2.00 bits per heavy atom. The average Bonchev–Trinajstić information content (AvgIpc) is 2.86. The van der Waals surface area contributed by atoms with Gasteiger partial charge in [0.25, 0.3) is 0 Å². The van der Waals surface area contributed by atoms with E-state index in [1.807, 2.05) is 0 Å². The summed E-state index contributed by atoms with van der Waals surface area (Å²) in [6, 6.07) is 21.3. The summed E-state index contributed by atoms with van der Waals surface area (Å²) >= 11 is 0. The van der Waals surface area contributed by atoms with Gasteiger partial charge in [0.2, 0.25) is 0 Å². The number of carboxylic acid groups (broad SMARTS) is 1. The van der Waals surface area contributed by atoms with Gasteiger partial charge in [-0.3, -0.25) is 4.79 Å². The van der Waals surface area contributed by atoms with Crippen LogP contribution in [0.5, 0.6) is 0 Å². The first-order valence-corrected chi connectivity index (χ1v) is 13.7. The van der Waals surface area contributed by atoms with E-state index in [-0.39, 0.29) is 6.42 Å². The fraction of sp³-hybridized carbons (Fsp3) is 0.531. The Labute approximate surface area is 208 Å². The highest BCUT2D eigenvalue weighted by Gasteiger charge is 2.24. The molecule has 2 heteroatoms. The van der Waals surface area contributed by atoms with Gasteiger partial charge in [-0.1, -0.05) is 118 Å². The molecule has 0 aromatic heterocycles. The van der Waals surface area contributed by atoms with Crippen LogP contribution in [0.15, 0.2) is 72.8 Å². The van der Waals surface area contributed by atoms with E-state index in [0.717, 1.165) is 32.1 Å². The maximum atomic E-state index is 11.4. The second kappa shape index (κ2) is 18.0. The lowest BCUT2D eigenvalue weighted by Gasteiger charge is -2.28. The molecule has 1 N–H and O–H groups in total. The minimum Gasteiger partial charge on any atom is -0.481 e. The van der Waals surface area contributed by atoms with Crippen molar-refractivity contribution in [2.45, 2.75) is 103 Å². The molecule has 2 aromatic carbocycles. The Balaban J connectivity index is 1.86. The summed E-state index contributed by atoms with van der Waals surface area (Å²) < 4.78 is 0. The van der Waals surface area contributed by atoms with Crippen LogP contribution < -0.4 is 0 Å². The van der Waals surface area contributed by atoms with Crippen LogP contribution in [0, 0.1) is 5.92 Å². The number of hydrogen-bond acceptors (Lipinski definition) is 1. The van der Waals surface area contributed by atoms with E-state index in [1.54, 1.807) is 0 Å².